The summed E-state index contributed by atoms with van der Waals surface area (Å²) in [5, 5.41) is 0.723. The Kier molecular flexibility index (Phi) is 2.70. The molecular formula is C10H11ClN2O. The SMILES string of the molecule is CCC1N=C(c2ccc(Cl)cc2)NO1. The highest BCUT2D eigenvalue weighted by molar-refractivity contribution is 6.30. The fourth-order valence-corrected chi connectivity index (χ4v) is 1.36. The smallest absolute Gasteiger partial charge is 0.177 e. The zero-order valence-electron chi connectivity index (χ0n) is 7.83. The molecule has 74 valence electrons. The molecule has 1 atom stereocenters. The van der Waals surface area contributed by atoms with Gasteiger partial charge in [0.25, 0.3) is 0 Å². The van der Waals surface area contributed by atoms with Gasteiger partial charge in [0, 0.05) is 10.6 Å². The minimum absolute atomic E-state index is 0.0688. The number of nitrogens with zero attached hydrogens (tertiary/aromatic N) is 1. The van der Waals surface area contributed by atoms with Crippen molar-refractivity contribution in [2.45, 2.75) is 19.6 Å². The molecule has 0 spiro atoms. The van der Waals surface area contributed by atoms with Gasteiger partial charge in [0.1, 0.15) is 0 Å². The van der Waals surface area contributed by atoms with Gasteiger partial charge in [0.05, 0.1) is 0 Å². The van der Waals surface area contributed by atoms with Crippen molar-refractivity contribution in [1.82, 2.24) is 5.48 Å². The van der Waals surface area contributed by atoms with Gasteiger partial charge in [-0.25, -0.2) is 15.3 Å². The number of amidine groups is 1. The molecule has 0 saturated heterocycles. The molecule has 1 heterocycles. The Hall–Kier alpha value is -1.06. The van der Waals surface area contributed by atoms with Gasteiger partial charge < -0.3 is 0 Å². The molecule has 1 aromatic rings. The zero-order chi connectivity index (χ0) is 9.97. The van der Waals surface area contributed by atoms with Crippen molar-refractivity contribution < 1.29 is 4.84 Å². The first-order chi connectivity index (χ1) is 6.79. The number of benzene rings is 1. The van der Waals surface area contributed by atoms with Gasteiger partial charge in [-0.1, -0.05) is 18.5 Å². The minimum Gasteiger partial charge on any atom is -0.248 e. The third-order valence-electron chi connectivity index (χ3n) is 2.03. The number of hydrogen-bond donors (Lipinski definition) is 1. The lowest BCUT2D eigenvalue weighted by atomic mass is 10.2. The second-order valence-corrected chi connectivity index (χ2v) is 3.50. The van der Waals surface area contributed by atoms with Crippen LogP contribution in [-0.2, 0) is 4.84 Å². The normalized spacial score (nSPS) is 20.4. The number of hydroxylamine groups is 1. The van der Waals surface area contributed by atoms with Gasteiger partial charge in [-0.3, -0.25) is 0 Å². The van der Waals surface area contributed by atoms with Crippen LogP contribution in [-0.4, -0.2) is 12.1 Å². The number of nitrogens with one attached hydrogen (secondary N) is 1. The van der Waals surface area contributed by atoms with Crippen LogP contribution in [0, 0.1) is 0 Å². The van der Waals surface area contributed by atoms with Crippen molar-refractivity contribution in [3.05, 3.63) is 34.9 Å². The number of halogens is 1. The average molecular weight is 211 g/mol. The third-order valence-corrected chi connectivity index (χ3v) is 2.28. The van der Waals surface area contributed by atoms with Gasteiger partial charge in [0.15, 0.2) is 12.1 Å². The van der Waals surface area contributed by atoms with E-state index in [2.05, 4.69) is 10.5 Å². The molecule has 3 nitrogen and oxygen atoms in total. The Morgan fingerprint density at radius 1 is 1.43 bits per heavy atom. The summed E-state index contributed by atoms with van der Waals surface area (Å²) in [5.74, 6) is 0.772. The van der Waals surface area contributed by atoms with Gasteiger partial charge in [-0.05, 0) is 30.7 Å². The Balaban J connectivity index is 2.20. The number of rotatable bonds is 2. The highest BCUT2D eigenvalue weighted by Crippen LogP contribution is 2.13. The summed E-state index contributed by atoms with van der Waals surface area (Å²) in [5.41, 5.74) is 3.79. The molecule has 0 amide bonds. The largest absolute Gasteiger partial charge is 0.248 e. The van der Waals surface area contributed by atoms with E-state index in [1.165, 1.54) is 0 Å². The van der Waals surface area contributed by atoms with E-state index in [1.807, 2.05) is 31.2 Å². The Morgan fingerprint density at radius 2 is 2.14 bits per heavy atom. The molecule has 1 N–H and O–H groups in total. The van der Waals surface area contributed by atoms with Gasteiger partial charge in [-0.2, -0.15) is 0 Å². The summed E-state index contributed by atoms with van der Waals surface area (Å²) in [4.78, 5) is 9.56. The van der Waals surface area contributed by atoms with Crippen LogP contribution in [0.15, 0.2) is 29.3 Å². The van der Waals surface area contributed by atoms with Crippen molar-refractivity contribution in [3.63, 3.8) is 0 Å². The standard InChI is InChI=1S/C10H11ClN2O/c1-2-9-12-10(13-14-9)7-3-5-8(11)6-4-7/h3-6,9H,2H2,1H3,(H,12,13). The Morgan fingerprint density at radius 3 is 2.71 bits per heavy atom. The van der Waals surface area contributed by atoms with Crippen LogP contribution >= 0.6 is 11.6 Å². The van der Waals surface area contributed by atoms with Gasteiger partial charge in [-0.15, -0.1) is 0 Å². The summed E-state index contributed by atoms with van der Waals surface area (Å²) in [6.45, 7) is 2.03. The fourth-order valence-electron chi connectivity index (χ4n) is 1.24. The number of aliphatic imine (C=N–C) groups is 1. The van der Waals surface area contributed by atoms with E-state index >= 15 is 0 Å². The van der Waals surface area contributed by atoms with Crippen LogP contribution in [0.1, 0.15) is 18.9 Å². The molecule has 1 aromatic carbocycles. The van der Waals surface area contributed by atoms with Crippen LogP contribution in [0.3, 0.4) is 0 Å². The van der Waals surface area contributed by atoms with E-state index in [1.54, 1.807) is 0 Å². The maximum atomic E-state index is 5.78. The van der Waals surface area contributed by atoms with Crippen LogP contribution in [0.25, 0.3) is 0 Å². The molecule has 4 heteroatoms. The average Bonchev–Trinajstić information content (AvgIpc) is 2.67. The van der Waals surface area contributed by atoms with Crippen molar-refractivity contribution in [2.75, 3.05) is 0 Å². The molecule has 0 aromatic heterocycles. The molecule has 14 heavy (non-hydrogen) atoms. The highest BCUT2D eigenvalue weighted by atomic mass is 35.5. The lowest BCUT2D eigenvalue weighted by molar-refractivity contribution is 0.0364. The molecule has 2 rings (SSSR count). The van der Waals surface area contributed by atoms with E-state index in [9.17, 15) is 0 Å². The molecule has 0 fully saturated rings. The maximum absolute atomic E-state index is 5.78. The topological polar surface area (TPSA) is 33.6 Å². The maximum Gasteiger partial charge on any atom is 0.177 e. The van der Waals surface area contributed by atoms with Crippen molar-refractivity contribution >= 4 is 17.4 Å². The summed E-state index contributed by atoms with van der Waals surface area (Å²) in [6, 6.07) is 7.49. The van der Waals surface area contributed by atoms with Crippen molar-refractivity contribution in [2.24, 2.45) is 4.99 Å². The first kappa shape index (κ1) is 9.49. The highest BCUT2D eigenvalue weighted by Gasteiger charge is 2.16. The van der Waals surface area contributed by atoms with E-state index in [4.69, 9.17) is 16.4 Å². The van der Waals surface area contributed by atoms with Crippen molar-refractivity contribution in [1.29, 1.82) is 0 Å². The predicted octanol–water partition coefficient (Wildman–Crippen LogP) is 2.36. The monoisotopic (exact) mass is 210 g/mol. The molecule has 0 radical (unpaired) electrons. The molecule has 1 unspecified atom stereocenters. The molecular weight excluding hydrogens is 200 g/mol. The van der Waals surface area contributed by atoms with E-state index in [0.29, 0.717) is 0 Å². The first-order valence-corrected chi connectivity index (χ1v) is 4.93. The second kappa shape index (κ2) is 3.98. The van der Waals surface area contributed by atoms with Crippen LogP contribution < -0.4 is 5.48 Å². The van der Waals surface area contributed by atoms with Crippen molar-refractivity contribution in [3.8, 4) is 0 Å². The van der Waals surface area contributed by atoms with Crippen LogP contribution in [0.4, 0.5) is 0 Å². The predicted molar refractivity (Wildman–Crippen MR) is 56.3 cm³/mol. The lowest BCUT2D eigenvalue weighted by Crippen LogP contribution is -2.18. The Labute approximate surface area is 87.7 Å². The summed E-state index contributed by atoms with van der Waals surface area (Å²) < 4.78 is 0. The van der Waals surface area contributed by atoms with Gasteiger partial charge in [0.2, 0.25) is 0 Å². The molecule has 1 aliphatic heterocycles. The molecule has 0 saturated carbocycles. The quantitative estimate of drug-likeness (QED) is 0.813. The summed E-state index contributed by atoms with van der Waals surface area (Å²) in [6.07, 6.45) is 0.796. The second-order valence-electron chi connectivity index (χ2n) is 3.07. The first-order valence-electron chi connectivity index (χ1n) is 4.55. The summed E-state index contributed by atoms with van der Waals surface area (Å²) in [7, 11) is 0. The zero-order valence-corrected chi connectivity index (χ0v) is 8.58. The number of hydrogen-bond acceptors (Lipinski definition) is 3. The fraction of sp³-hybridized carbons (Fsp3) is 0.300. The molecule has 0 bridgehead atoms. The van der Waals surface area contributed by atoms with E-state index < -0.39 is 0 Å². The third kappa shape index (κ3) is 1.89. The van der Waals surface area contributed by atoms with E-state index in [0.717, 1.165) is 22.8 Å². The van der Waals surface area contributed by atoms with E-state index in [-0.39, 0.29) is 6.23 Å². The Bertz CT molecular complexity index is 348. The van der Waals surface area contributed by atoms with Gasteiger partial charge >= 0.3 is 0 Å². The molecule has 0 aliphatic carbocycles. The lowest BCUT2D eigenvalue weighted by Gasteiger charge is -2.00. The van der Waals surface area contributed by atoms with Crippen LogP contribution in [0.5, 0.6) is 0 Å². The molecule has 1 aliphatic rings. The minimum atomic E-state index is -0.0688. The summed E-state index contributed by atoms with van der Waals surface area (Å²) >= 11 is 5.78. The van der Waals surface area contributed by atoms with Crippen LogP contribution in [0.2, 0.25) is 5.02 Å².